The molecule has 0 nitrogen and oxygen atoms in total. The lowest BCUT2D eigenvalue weighted by Crippen LogP contribution is -1.80. The maximum absolute atomic E-state index is 3.10. The molecule has 0 heterocycles. The standard InChI is InChI=1S/C7H7/c1-7-5-3-2-4-6-7/h3,5H,4H2,1H3. The van der Waals surface area contributed by atoms with Crippen LogP contribution in [0.2, 0.25) is 0 Å². The Morgan fingerprint density at radius 2 is 2.57 bits per heavy atom. The molecule has 0 spiro atoms. The van der Waals surface area contributed by atoms with Crippen LogP contribution in [0.1, 0.15) is 13.3 Å². The SMILES string of the molecule is CC1=CC=[C]C[C]1. The molecule has 0 saturated heterocycles. The Balaban J connectivity index is 2.57. The molecule has 0 aromatic carbocycles. The second kappa shape index (κ2) is 1.97. The number of hydrogen-bond acceptors (Lipinski definition) is 0. The van der Waals surface area contributed by atoms with E-state index in [1.165, 1.54) is 5.57 Å². The number of rotatable bonds is 0. The molecule has 3 radical (unpaired) electrons. The van der Waals surface area contributed by atoms with Gasteiger partial charge in [-0.15, -0.1) is 0 Å². The second-order valence-corrected chi connectivity index (χ2v) is 1.57. The fraction of sp³-hybridized carbons (Fsp3) is 0.286. The van der Waals surface area contributed by atoms with E-state index in [1.54, 1.807) is 0 Å². The van der Waals surface area contributed by atoms with Crippen molar-refractivity contribution in [2.75, 3.05) is 0 Å². The summed E-state index contributed by atoms with van der Waals surface area (Å²) in [6, 6.07) is 0. The van der Waals surface area contributed by atoms with Crippen LogP contribution < -0.4 is 0 Å². The third-order valence-electron chi connectivity index (χ3n) is 0.920. The zero-order valence-corrected chi connectivity index (χ0v) is 4.36. The van der Waals surface area contributed by atoms with Gasteiger partial charge in [-0.05, 0) is 19.4 Å². The average Bonchev–Trinajstić information content (AvgIpc) is 1.69. The lowest BCUT2D eigenvalue weighted by Gasteiger charge is -1.96. The van der Waals surface area contributed by atoms with Gasteiger partial charge in [0, 0.05) is 6.42 Å². The zero-order valence-electron chi connectivity index (χ0n) is 4.36. The van der Waals surface area contributed by atoms with Crippen LogP contribution in [0.15, 0.2) is 17.7 Å². The van der Waals surface area contributed by atoms with Crippen molar-refractivity contribution in [3.63, 3.8) is 0 Å². The molecule has 1 rings (SSSR count). The Hall–Kier alpha value is -0.520. The molecule has 0 bridgehead atoms. The summed E-state index contributed by atoms with van der Waals surface area (Å²) < 4.78 is 0. The van der Waals surface area contributed by atoms with Crippen LogP contribution in [0, 0.1) is 12.5 Å². The first kappa shape index (κ1) is 4.63. The van der Waals surface area contributed by atoms with Gasteiger partial charge in [0.1, 0.15) is 0 Å². The van der Waals surface area contributed by atoms with Gasteiger partial charge in [0.05, 0.1) is 0 Å². The highest BCUT2D eigenvalue weighted by atomic mass is 13.9. The molecule has 0 unspecified atom stereocenters. The van der Waals surface area contributed by atoms with Crippen LogP contribution in [-0.4, -0.2) is 0 Å². The van der Waals surface area contributed by atoms with Gasteiger partial charge in [-0.3, -0.25) is 0 Å². The summed E-state index contributed by atoms with van der Waals surface area (Å²) in [6.07, 6.45) is 10.9. The van der Waals surface area contributed by atoms with Crippen molar-refractivity contribution >= 4 is 0 Å². The highest BCUT2D eigenvalue weighted by Gasteiger charge is 1.90. The first-order valence-electron chi connectivity index (χ1n) is 2.37. The predicted molar refractivity (Wildman–Crippen MR) is 29.4 cm³/mol. The van der Waals surface area contributed by atoms with E-state index in [1.807, 2.05) is 19.1 Å². The topological polar surface area (TPSA) is 0 Å². The van der Waals surface area contributed by atoms with Gasteiger partial charge < -0.3 is 0 Å². The van der Waals surface area contributed by atoms with Crippen molar-refractivity contribution in [3.8, 4) is 0 Å². The monoisotopic (exact) mass is 91.1 g/mol. The molecule has 0 aliphatic heterocycles. The molecule has 0 aromatic rings. The van der Waals surface area contributed by atoms with E-state index in [9.17, 15) is 0 Å². The largest absolute Gasteiger partial charge is 0.0649 e. The minimum Gasteiger partial charge on any atom is -0.0649 e. The summed E-state index contributed by atoms with van der Waals surface area (Å²) in [4.78, 5) is 0. The van der Waals surface area contributed by atoms with E-state index in [0.717, 1.165) is 6.42 Å². The van der Waals surface area contributed by atoms with Crippen molar-refractivity contribution in [2.45, 2.75) is 13.3 Å². The molecular formula is C7H7. The Kier molecular flexibility index (Phi) is 1.30. The average molecular weight is 91.1 g/mol. The van der Waals surface area contributed by atoms with Crippen molar-refractivity contribution in [3.05, 3.63) is 30.2 Å². The van der Waals surface area contributed by atoms with Gasteiger partial charge in [0.15, 0.2) is 0 Å². The van der Waals surface area contributed by atoms with Gasteiger partial charge in [-0.25, -0.2) is 0 Å². The Morgan fingerprint density at radius 1 is 1.71 bits per heavy atom. The van der Waals surface area contributed by atoms with Crippen molar-refractivity contribution < 1.29 is 0 Å². The molecule has 7 heavy (non-hydrogen) atoms. The van der Waals surface area contributed by atoms with Gasteiger partial charge in [0.25, 0.3) is 0 Å². The molecule has 0 saturated carbocycles. The van der Waals surface area contributed by atoms with Gasteiger partial charge in [-0.2, -0.15) is 0 Å². The molecular weight excluding hydrogens is 84.1 g/mol. The Bertz CT molecular complexity index is 107. The van der Waals surface area contributed by atoms with Crippen molar-refractivity contribution in [2.24, 2.45) is 0 Å². The molecule has 0 fully saturated rings. The summed E-state index contributed by atoms with van der Waals surface area (Å²) in [6.45, 7) is 2.04. The first-order chi connectivity index (χ1) is 3.39. The molecule has 0 N–H and O–H groups in total. The minimum absolute atomic E-state index is 0.863. The lowest BCUT2D eigenvalue weighted by atomic mass is 10.1. The van der Waals surface area contributed by atoms with E-state index in [4.69, 9.17) is 0 Å². The van der Waals surface area contributed by atoms with Gasteiger partial charge >= 0.3 is 0 Å². The van der Waals surface area contributed by atoms with E-state index < -0.39 is 0 Å². The fourth-order valence-electron chi connectivity index (χ4n) is 0.492. The van der Waals surface area contributed by atoms with Crippen LogP contribution in [0.3, 0.4) is 0 Å². The smallest absolute Gasteiger partial charge is 0.0164 e. The van der Waals surface area contributed by atoms with E-state index in [2.05, 4.69) is 12.5 Å². The summed E-state index contributed by atoms with van der Waals surface area (Å²) in [5.41, 5.74) is 1.22. The molecule has 0 heteroatoms. The third-order valence-corrected chi connectivity index (χ3v) is 0.920. The second-order valence-electron chi connectivity index (χ2n) is 1.57. The normalized spacial score (nSPS) is 19.3. The number of hydrogen-bond donors (Lipinski definition) is 0. The van der Waals surface area contributed by atoms with E-state index in [0.29, 0.717) is 0 Å². The van der Waals surface area contributed by atoms with Crippen molar-refractivity contribution in [1.29, 1.82) is 0 Å². The highest BCUT2D eigenvalue weighted by Crippen LogP contribution is 2.06. The first-order valence-corrected chi connectivity index (χ1v) is 2.37. The Morgan fingerprint density at radius 3 is 2.86 bits per heavy atom. The fourth-order valence-corrected chi connectivity index (χ4v) is 0.492. The summed E-state index contributed by atoms with van der Waals surface area (Å²) in [5.74, 6) is 0. The van der Waals surface area contributed by atoms with Gasteiger partial charge in [0.2, 0.25) is 0 Å². The van der Waals surface area contributed by atoms with Crippen LogP contribution in [-0.2, 0) is 0 Å². The Labute approximate surface area is 44.5 Å². The van der Waals surface area contributed by atoms with Gasteiger partial charge in [-0.1, -0.05) is 17.7 Å². The van der Waals surface area contributed by atoms with E-state index >= 15 is 0 Å². The quantitative estimate of drug-likeness (QED) is 0.426. The van der Waals surface area contributed by atoms with Crippen LogP contribution in [0.25, 0.3) is 0 Å². The molecule has 35 valence electrons. The summed E-state index contributed by atoms with van der Waals surface area (Å²) in [5, 5.41) is 0. The predicted octanol–water partition coefficient (Wildman–Crippen LogP) is 1.78. The summed E-state index contributed by atoms with van der Waals surface area (Å²) in [7, 11) is 0. The van der Waals surface area contributed by atoms with E-state index in [-0.39, 0.29) is 0 Å². The lowest BCUT2D eigenvalue weighted by molar-refractivity contribution is 1.15. The number of allylic oxidation sites excluding steroid dienone is 4. The minimum atomic E-state index is 0.863. The molecule has 1 aliphatic carbocycles. The highest BCUT2D eigenvalue weighted by molar-refractivity contribution is 5.21. The zero-order chi connectivity index (χ0) is 5.11. The van der Waals surface area contributed by atoms with Crippen LogP contribution >= 0.6 is 0 Å². The van der Waals surface area contributed by atoms with Crippen LogP contribution in [0.4, 0.5) is 0 Å². The molecule has 0 amide bonds. The maximum atomic E-state index is 3.10. The van der Waals surface area contributed by atoms with Crippen LogP contribution in [0.5, 0.6) is 0 Å². The molecule has 0 atom stereocenters. The maximum Gasteiger partial charge on any atom is 0.0164 e. The third kappa shape index (κ3) is 1.19. The van der Waals surface area contributed by atoms with Crippen molar-refractivity contribution in [1.82, 2.24) is 0 Å². The molecule has 0 aromatic heterocycles. The summed E-state index contributed by atoms with van der Waals surface area (Å²) >= 11 is 0. The molecule has 1 aliphatic rings.